The molecular formula is C9H19NOS2. The summed E-state index contributed by atoms with van der Waals surface area (Å²) in [6.45, 7) is 10.9. The lowest BCUT2D eigenvalue weighted by atomic mass is 10.2. The Balaban J connectivity index is 3.72. The number of hydrogen-bond donors (Lipinski definition) is 1. The molecule has 1 N–H and O–H groups in total. The van der Waals surface area contributed by atoms with Crippen molar-refractivity contribution in [2.75, 3.05) is 6.54 Å². The van der Waals surface area contributed by atoms with Crippen molar-refractivity contribution in [1.82, 2.24) is 5.32 Å². The van der Waals surface area contributed by atoms with Crippen LogP contribution in [0.4, 0.5) is 0 Å². The van der Waals surface area contributed by atoms with Crippen LogP contribution in [0.1, 0.15) is 34.6 Å². The van der Waals surface area contributed by atoms with E-state index in [1.165, 1.54) is 0 Å². The zero-order valence-corrected chi connectivity index (χ0v) is 10.6. The van der Waals surface area contributed by atoms with Crippen LogP contribution in [-0.4, -0.2) is 22.4 Å². The van der Waals surface area contributed by atoms with Crippen LogP contribution in [0.5, 0.6) is 0 Å². The van der Waals surface area contributed by atoms with Crippen molar-refractivity contribution < 1.29 is 4.79 Å². The lowest BCUT2D eigenvalue weighted by Gasteiger charge is -2.24. The molecule has 0 aromatic carbocycles. The molecule has 2 nitrogen and oxygen atoms in total. The van der Waals surface area contributed by atoms with E-state index in [1.54, 1.807) is 6.92 Å². The Morgan fingerprint density at radius 2 is 2.00 bits per heavy atom. The van der Waals surface area contributed by atoms with Crippen LogP contribution in [0.3, 0.4) is 0 Å². The molecule has 0 saturated heterocycles. The number of amides is 1. The minimum atomic E-state index is 0.0446. The summed E-state index contributed by atoms with van der Waals surface area (Å²) in [6, 6.07) is 0. The lowest BCUT2D eigenvalue weighted by Crippen LogP contribution is -2.34. The third-order valence-electron chi connectivity index (χ3n) is 1.23. The van der Waals surface area contributed by atoms with Crippen LogP contribution in [0.2, 0.25) is 0 Å². The molecule has 1 amide bonds. The number of hydrogen-bond acceptors (Lipinski definition) is 3. The van der Waals surface area contributed by atoms with E-state index < -0.39 is 0 Å². The molecular weight excluding hydrogens is 202 g/mol. The van der Waals surface area contributed by atoms with E-state index in [0.29, 0.717) is 5.25 Å². The molecule has 0 fully saturated rings. The third kappa shape index (κ3) is 8.50. The van der Waals surface area contributed by atoms with Crippen LogP contribution < -0.4 is 5.32 Å². The zero-order chi connectivity index (χ0) is 10.5. The van der Waals surface area contributed by atoms with E-state index in [9.17, 15) is 4.79 Å². The highest BCUT2D eigenvalue weighted by Gasteiger charge is 2.19. The molecule has 0 atom stereocenters. The Bertz CT molecular complexity index is 169. The molecule has 0 aliphatic carbocycles. The van der Waals surface area contributed by atoms with Crippen LogP contribution in [0, 0.1) is 0 Å². The Kier molecular flexibility index (Phi) is 5.88. The van der Waals surface area contributed by atoms with Crippen molar-refractivity contribution in [3.63, 3.8) is 0 Å². The molecule has 0 radical (unpaired) electrons. The van der Waals surface area contributed by atoms with Crippen molar-refractivity contribution in [1.29, 1.82) is 0 Å². The first-order chi connectivity index (χ1) is 5.83. The van der Waals surface area contributed by atoms with Gasteiger partial charge in [0.15, 0.2) is 0 Å². The van der Waals surface area contributed by atoms with Crippen LogP contribution in [0.25, 0.3) is 0 Å². The highest BCUT2D eigenvalue weighted by Crippen LogP contribution is 2.37. The second-order valence-corrected chi connectivity index (χ2v) is 7.38. The maximum absolute atomic E-state index is 10.7. The molecule has 0 saturated carbocycles. The molecule has 0 bridgehead atoms. The molecule has 0 spiro atoms. The fourth-order valence-electron chi connectivity index (χ4n) is 0.593. The van der Waals surface area contributed by atoms with E-state index in [0.717, 1.165) is 6.54 Å². The van der Waals surface area contributed by atoms with Crippen molar-refractivity contribution in [3.05, 3.63) is 0 Å². The monoisotopic (exact) mass is 221 g/mol. The summed E-state index contributed by atoms with van der Waals surface area (Å²) in [5.41, 5.74) is 0. The van der Waals surface area contributed by atoms with Crippen molar-refractivity contribution in [2.45, 2.75) is 44.6 Å². The number of nitrogens with one attached hydrogen (secondary N) is 1. The zero-order valence-electron chi connectivity index (χ0n) is 9.01. The Hall–Kier alpha value is 0.170. The van der Waals surface area contributed by atoms with Gasteiger partial charge in [-0.1, -0.05) is 35.4 Å². The number of carbonyl (C=O) groups is 1. The van der Waals surface area contributed by atoms with Gasteiger partial charge in [0.25, 0.3) is 0 Å². The minimum absolute atomic E-state index is 0.0446. The lowest BCUT2D eigenvalue weighted by molar-refractivity contribution is -0.119. The maximum atomic E-state index is 10.7. The largest absolute Gasteiger partial charge is 0.355 e. The standard InChI is InChI=1S/C9H19NOS2/c1-7(2)12-13-9(4,5)6-10-8(3)11/h7H,6H2,1-5H3,(H,10,11). The topological polar surface area (TPSA) is 29.1 Å². The van der Waals surface area contributed by atoms with E-state index in [2.05, 4.69) is 33.0 Å². The third-order valence-corrected chi connectivity index (χ3v) is 5.10. The fraction of sp³-hybridized carbons (Fsp3) is 0.889. The summed E-state index contributed by atoms with van der Waals surface area (Å²) in [4.78, 5) is 10.7. The van der Waals surface area contributed by atoms with E-state index >= 15 is 0 Å². The van der Waals surface area contributed by atoms with Crippen LogP contribution in [-0.2, 0) is 4.79 Å². The van der Waals surface area contributed by atoms with Gasteiger partial charge in [0.05, 0.1) is 0 Å². The molecule has 0 aliphatic heterocycles. The second kappa shape index (κ2) is 5.81. The highest BCUT2D eigenvalue weighted by molar-refractivity contribution is 8.77. The van der Waals surface area contributed by atoms with Gasteiger partial charge in [0.2, 0.25) is 5.91 Å². The minimum Gasteiger partial charge on any atom is -0.355 e. The quantitative estimate of drug-likeness (QED) is 0.724. The fourth-order valence-corrected chi connectivity index (χ4v) is 2.71. The Morgan fingerprint density at radius 1 is 1.46 bits per heavy atom. The van der Waals surface area contributed by atoms with Gasteiger partial charge in [-0.2, -0.15) is 0 Å². The highest BCUT2D eigenvalue weighted by atomic mass is 33.1. The molecule has 78 valence electrons. The van der Waals surface area contributed by atoms with Crippen LogP contribution in [0.15, 0.2) is 0 Å². The number of carbonyl (C=O) groups excluding carboxylic acids is 1. The van der Waals surface area contributed by atoms with E-state index in [-0.39, 0.29) is 10.7 Å². The molecule has 0 rings (SSSR count). The van der Waals surface area contributed by atoms with Crippen molar-refractivity contribution in [2.24, 2.45) is 0 Å². The molecule has 0 aromatic rings. The summed E-state index contributed by atoms with van der Waals surface area (Å²) < 4.78 is 0.112. The Labute approximate surface area is 89.0 Å². The molecule has 4 heteroatoms. The average Bonchev–Trinajstić information content (AvgIpc) is 1.98. The Morgan fingerprint density at radius 3 is 2.38 bits per heavy atom. The van der Waals surface area contributed by atoms with Gasteiger partial charge >= 0.3 is 0 Å². The molecule has 13 heavy (non-hydrogen) atoms. The summed E-state index contributed by atoms with van der Waals surface area (Å²) in [7, 11) is 3.69. The van der Waals surface area contributed by atoms with E-state index in [1.807, 2.05) is 21.6 Å². The van der Waals surface area contributed by atoms with Gasteiger partial charge in [-0.25, -0.2) is 0 Å². The predicted octanol–water partition coefficient (Wildman–Crippen LogP) is 2.69. The second-order valence-electron chi connectivity index (χ2n) is 3.90. The van der Waals surface area contributed by atoms with E-state index in [4.69, 9.17) is 0 Å². The first-order valence-electron chi connectivity index (χ1n) is 4.42. The van der Waals surface area contributed by atoms with Crippen molar-refractivity contribution in [3.8, 4) is 0 Å². The summed E-state index contributed by atoms with van der Waals surface area (Å²) in [6.07, 6.45) is 0. The molecule has 0 aromatic heterocycles. The molecule has 0 unspecified atom stereocenters. The summed E-state index contributed by atoms with van der Waals surface area (Å²) in [5, 5.41) is 3.46. The van der Waals surface area contributed by atoms with Gasteiger partial charge in [-0.05, 0) is 13.8 Å². The van der Waals surface area contributed by atoms with Gasteiger partial charge in [-0.3, -0.25) is 4.79 Å². The average molecular weight is 221 g/mol. The van der Waals surface area contributed by atoms with Crippen LogP contribution >= 0.6 is 21.6 Å². The molecule has 0 heterocycles. The maximum Gasteiger partial charge on any atom is 0.216 e. The van der Waals surface area contributed by atoms with Crippen molar-refractivity contribution >= 4 is 27.5 Å². The van der Waals surface area contributed by atoms with Gasteiger partial charge in [-0.15, -0.1) is 0 Å². The smallest absolute Gasteiger partial charge is 0.216 e. The first kappa shape index (κ1) is 13.2. The SMILES string of the molecule is CC(=O)NCC(C)(C)SSC(C)C. The number of rotatable bonds is 5. The summed E-state index contributed by atoms with van der Waals surface area (Å²) in [5.74, 6) is 0.0446. The molecule has 0 aliphatic rings. The summed E-state index contributed by atoms with van der Waals surface area (Å²) >= 11 is 0. The van der Waals surface area contributed by atoms with Gasteiger partial charge in [0, 0.05) is 23.5 Å². The predicted molar refractivity (Wildman–Crippen MR) is 63.1 cm³/mol. The normalized spacial score (nSPS) is 11.8. The first-order valence-corrected chi connectivity index (χ1v) is 6.64. The van der Waals surface area contributed by atoms with Gasteiger partial charge in [0.1, 0.15) is 0 Å². The van der Waals surface area contributed by atoms with Gasteiger partial charge < -0.3 is 5.32 Å².